The molecule has 0 spiro atoms. The minimum absolute atomic E-state index is 0.0868. The molecular formula is C19H17FN2O5S2. The highest BCUT2D eigenvalue weighted by Gasteiger charge is 2.14. The highest BCUT2D eigenvalue weighted by atomic mass is 32.2. The number of rotatable bonds is 5. The first-order valence-corrected chi connectivity index (χ1v) is 11.2. The number of benzene rings is 2. The molecule has 0 fully saturated rings. The third-order valence-electron chi connectivity index (χ3n) is 3.96. The lowest BCUT2D eigenvalue weighted by atomic mass is 10.2. The van der Waals surface area contributed by atoms with Gasteiger partial charge in [-0.05, 0) is 49.4 Å². The van der Waals surface area contributed by atoms with Crippen molar-refractivity contribution < 1.29 is 27.1 Å². The van der Waals surface area contributed by atoms with Gasteiger partial charge in [0.15, 0.2) is 14.6 Å². The second-order valence-corrected chi connectivity index (χ2v) is 9.13. The van der Waals surface area contributed by atoms with Crippen molar-refractivity contribution in [2.45, 2.75) is 18.4 Å². The molecule has 0 N–H and O–H groups in total. The minimum Gasteiger partial charge on any atom is -0.465 e. The van der Waals surface area contributed by atoms with Crippen molar-refractivity contribution in [3.05, 3.63) is 58.6 Å². The van der Waals surface area contributed by atoms with E-state index >= 15 is 0 Å². The monoisotopic (exact) mass is 436 g/mol. The first kappa shape index (κ1) is 20.9. The zero-order chi connectivity index (χ0) is 21.2. The number of ether oxygens (including phenoxy) is 1. The summed E-state index contributed by atoms with van der Waals surface area (Å²) in [7, 11) is -3.38. The predicted octanol–water partition coefficient (Wildman–Crippen LogP) is 2.55. The summed E-state index contributed by atoms with van der Waals surface area (Å²) in [4.78, 5) is 28.9. The van der Waals surface area contributed by atoms with Crippen molar-refractivity contribution in [1.82, 2.24) is 4.57 Å². The minimum atomic E-state index is -3.38. The van der Waals surface area contributed by atoms with Gasteiger partial charge in [-0.2, -0.15) is 4.99 Å². The third-order valence-corrected chi connectivity index (χ3v) is 6.13. The molecule has 1 aromatic heterocycles. The molecule has 152 valence electrons. The normalized spacial score (nSPS) is 12.3. The fourth-order valence-electron chi connectivity index (χ4n) is 2.62. The average Bonchev–Trinajstić information content (AvgIpc) is 2.97. The maximum Gasteiger partial charge on any atom is 0.326 e. The Balaban J connectivity index is 2.06. The van der Waals surface area contributed by atoms with Gasteiger partial charge in [0.25, 0.3) is 5.91 Å². The third kappa shape index (κ3) is 4.77. The molecule has 3 aromatic rings. The van der Waals surface area contributed by atoms with Crippen molar-refractivity contribution in [3.63, 3.8) is 0 Å². The molecule has 2 aromatic carbocycles. The van der Waals surface area contributed by atoms with Gasteiger partial charge in [0.2, 0.25) is 0 Å². The summed E-state index contributed by atoms with van der Waals surface area (Å²) >= 11 is 1.06. The second kappa shape index (κ2) is 8.26. The van der Waals surface area contributed by atoms with Crippen LogP contribution in [0.1, 0.15) is 17.3 Å². The lowest BCUT2D eigenvalue weighted by Gasteiger charge is -2.05. The smallest absolute Gasteiger partial charge is 0.326 e. The number of carbonyl (C=O) groups excluding carboxylic acids is 2. The maximum atomic E-state index is 13.6. The molecule has 1 heterocycles. The SMILES string of the molecule is CCOC(=O)Cn1c(=NC(=O)c2ccc(S(C)(=O)=O)cc2)sc2cc(F)ccc21. The largest absolute Gasteiger partial charge is 0.465 e. The molecule has 10 heteroatoms. The Labute approximate surface area is 170 Å². The van der Waals surface area contributed by atoms with Crippen molar-refractivity contribution in [2.24, 2.45) is 4.99 Å². The van der Waals surface area contributed by atoms with Crippen LogP contribution >= 0.6 is 11.3 Å². The van der Waals surface area contributed by atoms with E-state index in [4.69, 9.17) is 4.74 Å². The van der Waals surface area contributed by atoms with E-state index in [1.54, 1.807) is 6.92 Å². The number of thiazole rings is 1. The van der Waals surface area contributed by atoms with E-state index in [-0.39, 0.29) is 28.4 Å². The molecule has 1 amide bonds. The maximum absolute atomic E-state index is 13.6. The summed E-state index contributed by atoms with van der Waals surface area (Å²) in [5.74, 6) is -1.58. The number of amides is 1. The summed E-state index contributed by atoms with van der Waals surface area (Å²) in [6, 6.07) is 9.44. The van der Waals surface area contributed by atoms with Gasteiger partial charge < -0.3 is 9.30 Å². The number of hydrogen-bond acceptors (Lipinski definition) is 6. The molecule has 0 atom stereocenters. The van der Waals surface area contributed by atoms with Crippen LogP contribution in [0.4, 0.5) is 4.39 Å². The highest BCUT2D eigenvalue weighted by Crippen LogP contribution is 2.19. The van der Waals surface area contributed by atoms with Gasteiger partial charge in [-0.1, -0.05) is 11.3 Å². The summed E-state index contributed by atoms with van der Waals surface area (Å²) in [5.41, 5.74) is 0.729. The number of halogens is 1. The Hall–Kier alpha value is -2.85. The van der Waals surface area contributed by atoms with Crippen molar-refractivity contribution in [3.8, 4) is 0 Å². The Morgan fingerprint density at radius 3 is 2.48 bits per heavy atom. The number of aromatic nitrogens is 1. The Morgan fingerprint density at radius 2 is 1.86 bits per heavy atom. The second-order valence-electron chi connectivity index (χ2n) is 6.10. The zero-order valence-electron chi connectivity index (χ0n) is 15.6. The van der Waals surface area contributed by atoms with E-state index in [1.807, 2.05) is 0 Å². The predicted molar refractivity (Wildman–Crippen MR) is 106 cm³/mol. The molecule has 0 radical (unpaired) electrons. The Morgan fingerprint density at radius 1 is 1.17 bits per heavy atom. The molecule has 0 aliphatic heterocycles. The lowest BCUT2D eigenvalue weighted by Crippen LogP contribution is -2.23. The molecule has 0 saturated heterocycles. The average molecular weight is 436 g/mol. The molecule has 0 saturated carbocycles. The van der Waals surface area contributed by atoms with Gasteiger partial charge in [0, 0.05) is 11.8 Å². The Kier molecular flexibility index (Phi) is 5.94. The quantitative estimate of drug-likeness (QED) is 0.573. The van der Waals surface area contributed by atoms with Crippen LogP contribution in [0.3, 0.4) is 0 Å². The molecule has 0 aliphatic carbocycles. The number of nitrogens with zero attached hydrogens (tertiary/aromatic N) is 2. The van der Waals surface area contributed by atoms with E-state index in [1.165, 1.54) is 47.0 Å². The number of sulfone groups is 1. The van der Waals surface area contributed by atoms with Gasteiger partial charge in [0.1, 0.15) is 12.4 Å². The highest BCUT2D eigenvalue weighted by molar-refractivity contribution is 7.90. The van der Waals surface area contributed by atoms with Crippen molar-refractivity contribution in [1.29, 1.82) is 0 Å². The van der Waals surface area contributed by atoms with Crippen LogP contribution in [0.15, 0.2) is 52.4 Å². The lowest BCUT2D eigenvalue weighted by molar-refractivity contribution is -0.143. The van der Waals surface area contributed by atoms with Crippen LogP contribution in [0, 0.1) is 5.82 Å². The van der Waals surface area contributed by atoms with E-state index in [0.29, 0.717) is 10.2 Å². The summed E-state index contributed by atoms with van der Waals surface area (Å²) in [5, 5.41) is 0. The van der Waals surface area contributed by atoms with Crippen LogP contribution in [-0.4, -0.2) is 37.7 Å². The molecule has 0 unspecified atom stereocenters. The van der Waals surface area contributed by atoms with Gasteiger partial charge in [-0.3, -0.25) is 9.59 Å². The number of fused-ring (bicyclic) bond motifs is 1. The molecule has 29 heavy (non-hydrogen) atoms. The molecule has 0 aliphatic rings. The summed E-state index contributed by atoms with van der Waals surface area (Å²) in [6.07, 6.45) is 1.07. The first-order valence-electron chi connectivity index (χ1n) is 8.52. The number of esters is 1. The summed E-state index contributed by atoms with van der Waals surface area (Å²) < 4.78 is 43.7. The van der Waals surface area contributed by atoms with Gasteiger partial charge in [0.05, 0.1) is 21.7 Å². The molecule has 0 bridgehead atoms. The molecule has 3 rings (SSSR count). The van der Waals surface area contributed by atoms with Crippen LogP contribution in [0.5, 0.6) is 0 Å². The van der Waals surface area contributed by atoms with Crippen molar-refractivity contribution >= 4 is 43.3 Å². The fraction of sp³-hybridized carbons (Fsp3) is 0.211. The number of hydrogen-bond donors (Lipinski definition) is 0. The molecule has 7 nitrogen and oxygen atoms in total. The van der Waals surface area contributed by atoms with Crippen LogP contribution in [0.25, 0.3) is 10.2 Å². The Bertz CT molecular complexity index is 1260. The van der Waals surface area contributed by atoms with Crippen LogP contribution in [-0.2, 0) is 25.9 Å². The summed E-state index contributed by atoms with van der Waals surface area (Å²) in [6.45, 7) is 1.70. The number of carbonyl (C=O) groups is 2. The van der Waals surface area contributed by atoms with Crippen LogP contribution < -0.4 is 4.80 Å². The van der Waals surface area contributed by atoms with Gasteiger partial charge in [-0.15, -0.1) is 0 Å². The topological polar surface area (TPSA) is 94.8 Å². The fourth-order valence-corrected chi connectivity index (χ4v) is 4.30. The zero-order valence-corrected chi connectivity index (χ0v) is 17.2. The van der Waals surface area contributed by atoms with Gasteiger partial charge in [-0.25, -0.2) is 12.8 Å². The van der Waals surface area contributed by atoms with E-state index in [2.05, 4.69) is 4.99 Å². The van der Waals surface area contributed by atoms with Crippen LogP contribution in [0.2, 0.25) is 0 Å². The van der Waals surface area contributed by atoms with Crippen molar-refractivity contribution in [2.75, 3.05) is 12.9 Å². The van der Waals surface area contributed by atoms with E-state index in [0.717, 1.165) is 17.6 Å². The van der Waals surface area contributed by atoms with E-state index in [9.17, 15) is 22.4 Å². The van der Waals surface area contributed by atoms with Gasteiger partial charge >= 0.3 is 5.97 Å². The standard InChI is InChI=1S/C19H17FN2O5S2/c1-3-27-17(23)11-22-15-9-6-13(20)10-16(15)28-19(22)21-18(24)12-4-7-14(8-5-12)29(2,25)26/h4-10H,3,11H2,1-2H3. The van der Waals surface area contributed by atoms with E-state index < -0.39 is 27.5 Å². The molecular weight excluding hydrogens is 419 g/mol. The first-order chi connectivity index (χ1) is 13.7.